The van der Waals surface area contributed by atoms with E-state index in [9.17, 15) is 4.79 Å². The molecule has 0 aromatic heterocycles. The highest BCUT2D eigenvalue weighted by Gasteiger charge is 2.44. The molecular weight excluding hydrogens is 238 g/mol. The Kier molecular flexibility index (Phi) is 3.56. The van der Waals surface area contributed by atoms with E-state index < -0.39 is 0 Å². The lowest BCUT2D eigenvalue weighted by Crippen LogP contribution is -2.49. The minimum atomic E-state index is -0.343. The minimum absolute atomic E-state index is 0.319. The van der Waals surface area contributed by atoms with Gasteiger partial charge >= 0.3 is 0 Å². The minimum Gasteiger partial charge on any atom is -0.381 e. The predicted molar refractivity (Wildman–Crippen MR) is 74.0 cm³/mol. The summed E-state index contributed by atoms with van der Waals surface area (Å²) in [5, 5.41) is 0. The molecule has 1 aromatic rings. The molecule has 0 atom stereocenters. The van der Waals surface area contributed by atoms with E-state index in [1.165, 1.54) is 0 Å². The van der Waals surface area contributed by atoms with Gasteiger partial charge in [0.15, 0.2) is 0 Å². The Morgan fingerprint density at radius 2 is 1.68 bits per heavy atom. The molecule has 3 nitrogen and oxygen atoms in total. The summed E-state index contributed by atoms with van der Waals surface area (Å²) in [6.07, 6.45) is 3.92. The van der Waals surface area contributed by atoms with E-state index in [4.69, 9.17) is 4.74 Å². The molecule has 3 heteroatoms. The number of carbonyl (C=O) groups is 1. The van der Waals surface area contributed by atoms with E-state index >= 15 is 0 Å². The number of benzene rings is 1. The number of nitrogens with zero attached hydrogens (tertiary/aromatic N) is 1. The van der Waals surface area contributed by atoms with Crippen LogP contribution in [-0.4, -0.2) is 37.1 Å². The molecule has 0 saturated carbocycles. The van der Waals surface area contributed by atoms with Crippen LogP contribution in [0.4, 0.5) is 0 Å². The molecule has 2 aliphatic heterocycles. The fourth-order valence-corrected chi connectivity index (χ4v) is 3.33. The standard InChI is InChI=1S/C16H21NO2/c18-15(17-10-4-5-11-17)16(8-12-19-13-9-16)14-6-2-1-3-7-14/h1-3,6-7H,4-5,8-13H2. The molecule has 2 aliphatic rings. The molecule has 0 bridgehead atoms. The zero-order chi connectivity index (χ0) is 13.1. The monoisotopic (exact) mass is 259 g/mol. The van der Waals surface area contributed by atoms with E-state index in [0.29, 0.717) is 19.1 Å². The van der Waals surface area contributed by atoms with Crippen molar-refractivity contribution in [1.82, 2.24) is 4.90 Å². The van der Waals surface area contributed by atoms with Crippen molar-refractivity contribution in [2.24, 2.45) is 0 Å². The van der Waals surface area contributed by atoms with Gasteiger partial charge in [0.05, 0.1) is 5.41 Å². The van der Waals surface area contributed by atoms with Gasteiger partial charge in [0.2, 0.25) is 5.91 Å². The zero-order valence-corrected chi connectivity index (χ0v) is 11.3. The average Bonchev–Trinajstić information content (AvgIpc) is 3.02. The highest BCUT2D eigenvalue weighted by molar-refractivity contribution is 5.88. The summed E-state index contributed by atoms with van der Waals surface area (Å²) in [5.41, 5.74) is 0.819. The fourth-order valence-electron chi connectivity index (χ4n) is 3.33. The quantitative estimate of drug-likeness (QED) is 0.816. The molecule has 0 spiro atoms. The second-order valence-electron chi connectivity index (χ2n) is 5.56. The SMILES string of the molecule is O=C(N1CCCC1)C1(c2ccccc2)CCOCC1. The van der Waals surface area contributed by atoms with Crippen LogP contribution in [0.2, 0.25) is 0 Å². The highest BCUT2D eigenvalue weighted by Crippen LogP contribution is 2.37. The van der Waals surface area contributed by atoms with Crippen molar-refractivity contribution in [2.45, 2.75) is 31.1 Å². The largest absolute Gasteiger partial charge is 0.381 e. The first-order chi connectivity index (χ1) is 9.33. The van der Waals surface area contributed by atoms with Crippen molar-refractivity contribution >= 4 is 5.91 Å². The molecule has 2 heterocycles. The second kappa shape index (κ2) is 5.33. The first kappa shape index (κ1) is 12.7. The molecule has 2 saturated heterocycles. The smallest absolute Gasteiger partial charge is 0.233 e. The molecule has 3 rings (SSSR count). The lowest BCUT2D eigenvalue weighted by Gasteiger charge is -2.39. The van der Waals surface area contributed by atoms with Crippen LogP contribution in [-0.2, 0) is 14.9 Å². The maximum absolute atomic E-state index is 13.0. The summed E-state index contributed by atoms with van der Waals surface area (Å²) in [6, 6.07) is 10.3. The molecule has 2 fully saturated rings. The maximum atomic E-state index is 13.0. The number of hydrogen-bond donors (Lipinski definition) is 0. The lowest BCUT2D eigenvalue weighted by atomic mass is 9.73. The van der Waals surface area contributed by atoms with Crippen LogP contribution in [0.5, 0.6) is 0 Å². The van der Waals surface area contributed by atoms with Crippen LogP contribution >= 0.6 is 0 Å². The van der Waals surface area contributed by atoms with Gasteiger partial charge < -0.3 is 9.64 Å². The number of rotatable bonds is 2. The predicted octanol–water partition coefficient (Wildman–Crippen LogP) is 2.36. The summed E-state index contributed by atoms with van der Waals surface area (Å²) in [6.45, 7) is 3.23. The van der Waals surface area contributed by atoms with Crippen LogP contribution < -0.4 is 0 Å². The van der Waals surface area contributed by atoms with Gasteiger partial charge in [0, 0.05) is 26.3 Å². The van der Waals surface area contributed by atoms with Gasteiger partial charge in [-0.05, 0) is 31.2 Å². The molecule has 19 heavy (non-hydrogen) atoms. The summed E-state index contributed by atoms with van der Waals surface area (Å²) in [7, 11) is 0. The third-order valence-electron chi connectivity index (χ3n) is 4.48. The van der Waals surface area contributed by atoms with Crippen LogP contribution in [0.1, 0.15) is 31.2 Å². The third kappa shape index (κ3) is 2.27. The van der Waals surface area contributed by atoms with Gasteiger partial charge in [0.1, 0.15) is 0 Å². The van der Waals surface area contributed by atoms with E-state index in [1.54, 1.807) is 0 Å². The average molecular weight is 259 g/mol. The number of amides is 1. The molecule has 0 N–H and O–H groups in total. The van der Waals surface area contributed by atoms with Crippen molar-refractivity contribution in [3.05, 3.63) is 35.9 Å². The van der Waals surface area contributed by atoms with Gasteiger partial charge in [-0.2, -0.15) is 0 Å². The van der Waals surface area contributed by atoms with Crippen LogP contribution in [0, 0.1) is 0 Å². The Labute approximate surface area is 114 Å². The van der Waals surface area contributed by atoms with E-state index in [2.05, 4.69) is 17.0 Å². The van der Waals surface area contributed by atoms with Crippen molar-refractivity contribution in [3.63, 3.8) is 0 Å². The number of ether oxygens (including phenoxy) is 1. The summed E-state index contributed by atoms with van der Waals surface area (Å²) >= 11 is 0. The van der Waals surface area contributed by atoms with Gasteiger partial charge in [-0.1, -0.05) is 30.3 Å². The molecule has 1 amide bonds. The van der Waals surface area contributed by atoms with Crippen molar-refractivity contribution in [1.29, 1.82) is 0 Å². The van der Waals surface area contributed by atoms with Crippen molar-refractivity contribution in [3.8, 4) is 0 Å². The van der Waals surface area contributed by atoms with E-state index in [1.807, 2.05) is 18.2 Å². The molecule has 102 valence electrons. The Bertz CT molecular complexity index is 431. The molecule has 0 aliphatic carbocycles. The topological polar surface area (TPSA) is 29.5 Å². The maximum Gasteiger partial charge on any atom is 0.233 e. The van der Waals surface area contributed by atoms with E-state index in [-0.39, 0.29) is 5.41 Å². The third-order valence-corrected chi connectivity index (χ3v) is 4.48. The fraction of sp³-hybridized carbons (Fsp3) is 0.562. The van der Waals surface area contributed by atoms with Gasteiger partial charge in [-0.3, -0.25) is 4.79 Å². The van der Waals surface area contributed by atoms with Crippen molar-refractivity contribution < 1.29 is 9.53 Å². The molecule has 1 aromatic carbocycles. The van der Waals surface area contributed by atoms with Gasteiger partial charge in [-0.25, -0.2) is 0 Å². The highest BCUT2D eigenvalue weighted by atomic mass is 16.5. The molecular formula is C16H21NO2. The Hall–Kier alpha value is -1.35. The number of hydrogen-bond acceptors (Lipinski definition) is 2. The first-order valence-corrected chi connectivity index (χ1v) is 7.26. The Morgan fingerprint density at radius 1 is 1.05 bits per heavy atom. The molecule has 0 radical (unpaired) electrons. The lowest BCUT2D eigenvalue weighted by molar-refractivity contribution is -0.140. The Balaban J connectivity index is 1.94. The first-order valence-electron chi connectivity index (χ1n) is 7.26. The van der Waals surface area contributed by atoms with Crippen LogP contribution in [0.3, 0.4) is 0 Å². The Morgan fingerprint density at radius 3 is 2.32 bits per heavy atom. The van der Waals surface area contributed by atoms with Crippen LogP contribution in [0.15, 0.2) is 30.3 Å². The van der Waals surface area contributed by atoms with E-state index in [0.717, 1.165) is 44.3 Å². The second-order valence-corrected chi connectivity index (χ2v) is 5.56. The normalized spacial score (nSPS) is 22.4. The van der Waals surface area contributed by atoms with Crippen molar-refractivity contribution in [2.75, 3.05) is 26.3 Å². The molecule has 0 unspecified atom stereocenters. The van der Waals surface area contributed by atoms with Gasteiger partial charge in [0.25, 0.3) is 0 Å². The van der Waals surface area contributed by atoms with Gasteiger partial charge in [-0.15, -0.1) is 0 Å². The zero-order valence-electron chi connectivity index (χ0n) is 11.3. The van der Waals surface area contributed by atoms with Crippen LogP contribution in [0.25, 0.3) is 0 Å². The number of likely N-dealkylation sites (tertiary alicyclic amines) is 1. The summed E-state index contributed by atoms with van der Waals surface area (Å²) in [4.78, 5) is 15.0. The summed E-state index contributed by atoms with van der Waals surface area (Å²) in [5.74, 6) is 0.319. The number of carbonyl (C=O) groups excluding carboxylic acids is 1. The summed E-state index contributed by atoms with van der Waals surface area (Å²) < 4.78 is 5.49.